The number of amides is 1. The number of fused-ring (bicyclic) bond motifs is 1. The molecule has 4 heteroatoms. The maximum Gasteiger partial charge on any atom is 0.220 e. The van der Waals surface area contributed by atoms with Gasteiger partial charge in [-0.15, -0.1) is 0 Å². The fourth-order valence-electron chi connectivity index (χ4n) is 4.22. The summed E-state index contributed by atoms with van der Waals surface area (Å²) < 4.78 is 6.27. The minimum atomic E-state index is -0.168. The minimum absolute atomic E-state index is 0.0165. The molecule has 0 radical (unpaired) electrons. The normalized spacial score (nSPS) is 23.4. The van der Waals surface area contributed by atoms with Gasteiger partial charge in [-0.05, 0) is 36.5 Å². The molecular weight excluding hydrogens is 324 g/mol. The summed E-state index contributed by atoms with van der Waals surface area (Å²) in [5, 5.41) is 0. The van der Waals surface area contributed by atoms with E-state index in [9.17, 15) is 4.79 Å². The minimum Gasteiger partial charge on any atom is -0.474 e. The van der Waals surface area contributed by atoms with Crippen molar-refractivity contribution >= 4 is 5.91 Å². The van der Waals surface area contributed by atoms with Crippen molar-refractivity contribution in [3.05, 3.63) is 65.2 Å². The summed E-state index contributed by atoms with van der Waals surface area (Å²) in [7, 11) is 0. The number of ether oxygens (including phenoxy) is 1. The predicted octanol–water partition coefficient (Wildman–Crippen LogP) is 3.30. The first kappa shape index (κ1) is 17.1. The van der Waals surface area contributed by atoms with E-state index in [1.165, 1.54) is 16.7 Å². The van der Waals surface area contributed by atoms with Crippen LogP contribution in [0.1, 0.15) is 42.4 Å². The quantitative estimate of drug-likeness (QED) is 0.920. The summed E-state index contributed by atoms with van der Waals surface area (Å²) >= 11 is 0. The molecule has 2 atom stereocenters. The lowest BCUT2D eigenvalue weighted by molar-refractivity contribution is -0.124. The molecule has 0 bridgehead atoms. The van der Waals surface area contributed by atoms with Crippen LogP contribution in [0, 0.1) is 5.92 Å². The molecule has 2 N–H and O–H groups in total. The Bertz CT molecular complexity index is 782. The van der Waals surface area contributed by atoms with Crippen LogP contribution in [-0.4, -0.2) is 30.1 Å². The Labute approximate surface area is 155 Å². The van der Waals surface area contributed by atoms with Crippen molar-refractivity contribution in [3.63, 3.8) is 0 Å². The standard InChI is InChI=1S/C22H26N2O2/c1-15-19-14-17(13-16-5-3-2-4-6-16)7-8-20(19)26-22(15)24-11-9-18(10-12-24)21(23)25/h2-8,14-15,18,22H,9-13H2,1H3,(H2,23,25). The van der Waals surface area contributed by atoms with Crippen LogP contribution in [0.4, 0.5) is 0 Å². The first-order valence-electron chi connectivity index (χ1n) is 9.48. The molecule has 2 heterocycles. The smallest absolute Gasteiger partial charge is 0.220 e. The molecule has 1 amide bonds. The first-order chi connectivity index (χ1) is 12.6. The van der Waals surface area contributed by atoms with Crippen LogP contribution in [-0.2, 0) is 11.2 Å². The van der Waals surface area contributed by atoms with E-state index in [1.54, 1.807) is 0 Å². The van der Waals surface area contributed by atoms with Gasteiger partial charge in [-0.25, -0.2) is 0 Å². The van der Waals surface area contributed by atoms with Gasteiger partial charge in [0.2, 0.25) is 5.91 Å². The number of carbonyl (C=O) groups excluding carboxylic acids is 1. The van der Waals surface area contributed by atoms with Gasteiger partial charge in [-0.2, -0.15) is 0 Å². The third-order valence-corrected chi connectivity index (χ3v) is 5.78. The van der Waals surface area contributed by atoms with Gasteiger partial charge in [0.25, 0.3) is 0 Å². The van der Waals surface area contributed by atoms with Crippen molar-refractivity contribution in [2.24, 2.45) is 11.7 Å². The Morgan fingerprint density at radius 3 is 2.54 bits per heavy atom. The average molecular weight is 350 g/mol. The highest BCUT2D eigenvalue weighted by molar-refractivity contribution is 5.76. The van der Waals surface area contributed by atoms with Crippen molar-refractivity contribution < 1.29 is 9.53 Å². The molecule has 2 aromatic rings. The van der Waals surface area contributed by atoms with Gasteiger partial charge in [-0.3, -0.25) is 9.69 Å². The lowest BCUT2D eigenvalue weighted by Crippen LogP contribution is -2.46. The van der Waals surface area contributed by atoms with Crippen molar-refractivity contribution in [2.75, 3.05) is 13.1 Å². The lowest BCUT2D eigenvalue weighted by Gasteiger charge is -2.35. The highest BCUT2D eigenvalue weighted by Gasteiger charge is 2.37. The SMILES string of the molecule is CC1c2cc(Cc3ccccc3)ccc2OC1N1CCC(C(N)=O)CC1. The van der Waals surface area contributed by atoms with E-state index in [2.05, 4.69) is 54.3 Å². The van der Waals surface area contributed by atoms with E-state index >= 15 is 0 Å². The van der Waals surface area contributed by atoms with Crippen molar-refractivity contribution in [1.29, 1.82) is 0 Å². The second-order valence-corrected chi connectivity index (χ2v) is 7.54. The molecule has 4 rings (SSSR count). The Morgan fingerprint density at radius 1 is 1.12 bits per heavy atom. The zero-order valence-electron chi connectivity index (χ0n) is 15.2. The maximum absolute atomic E-state index is 11.4. The van der Waals surface area contributed by atoms with Crippen LogP contribution in [0.2, 0.25) is 0 Å². The van der Waals surface area contributed by atoms with E-state index in [0.29, 0.717) is 5.92 Å². The molecule has 0 aromatic heterocycles. The maximum atomic E-state index is 11.4. The van der Waals surface area contributed by atoms with Crippen molar-refractivity contribution in [3.8, 4) is 5.75 Å². The van der Waals surface area contributed by atoms with Gasteiger partial charge in [0, 0.05) is 30.5 Å². The number of hydrogen-bond acceptors (Lipinski definition) is 3. The molecule has 1 saturated heterocycles. The molecule has 0 spiro atoms. The molecule has 2 aromatic carbocycles. The van der Waals surface area contributed by atoms with Crippen LogP contribution in [0.3, 0.4) is 0 Å². The number of likely N-dealkylation sites (tertiary alicyclic amines) is 1. The molecule has 0 saturated carbocycles. The highest BCUT2D eigenvalue weighted by Crippen LogP contribution is 2.41. The predicted molar refractivity (Wildman–Crippen MR) is 102 cm³/mol. The number of carbonyl (C=O) groups is 1. The van der Waals surface area contributed by atoms with Crippen LogP contribution in [0.25, 0.3) is 0 Å². The third-order valence-electron chi connectivity index (χ3n) is 5.78. The fraction of sp³-hybridized carbons (Fsp3) is 0.409. The second kappa shape index (κ2) is 7.12. The Balaban J connectivity index is 1.46. The zero-order chi connectivity index (χ0) is 18.1. The highest BCUT2D eigenvalue weighted by atomic mass is 16.5. The topological polar surface area (TPSA) is 55.6 Å². The monoisotopic (exact) mass is 350 g/mol. The van der Waals surface area contributed by atoms with Gasteiger partial charge < -0.3 is 10.5 Å². The van der Waals surface area contributed by atoms with E-state index in [0.717, 1.165) is 38.1 Å². The molecule has 26 heavy (non-hydrogen) atoms. The molecule has 1 fully saturated rings. The van der Waals surface area contributed by atoms with E-state index in [-0.39, 0.29) is 18.1 Å². The van der Waals surface area contributed by atoms with E-state index < -0.39 is 0 Å². The molecule has 2 aliphatic heterocycles. The van der Waals surface area contributed by atoms with Crippen LogP contribution < -0.4 is 10.5 Å². The summed E-state index contributed by atoms with van der Waals surface area (Å²) in [5.41, 5.74) is 9.39. The zero-order valence-corrected chi connectivity index (χ0v) is 15.2. The van der Waals surface area contributed by atoms with E-state index in [1.807, 2.05) is 6.07 Å². The summed E-state index contributed by atoms with van der Waals surface area (Å²) in [6, 6.07) is 17.1. The largest absolute Gasteiger partial charge is 0.474 e. The Kier molecular flexibility index (Phi) is 4.68. The molecule has 0 aliphatic carbocycles. The molecule has 2 aliphatic rings. The van der Waals surface area contributed by atoms with Crippen molar-refractivity contribution in [1.82, 2.24) is 4.90 Å². The molecule has 136 valence electrons. The van der Waals surface area contributed by atoms with Crippen LogP contribution in [0.15, 0.2) is 48.5 Å². The summed E-state index contributed by atoms with van der Waals surface area (Å²) in [4.78, 5) is 13.7. The Morgan fingerprint density at radius 2 is 1.85 bits per heavy atom. The average Bonchev–Trinajstić information content (AvgIpc) is 2.99. The van der Waals surface area contributed by atoms with Gasteiger partial charge in [-0.1, -0.05) is 49.4 Å². The number of primary amides is 1. The number of piperidine rings is 1. The first-order valence-corrected chi connectivity index (χ1v) is 9.48. The number of nitrogens with zero attached hydrogens (tertiary/aromatic N) is 1. The number of nitrogens with two attached hydrogens (primary N) is 1. The number of rotatable bonds is 4. The van der Waals surface area contributed by atoms with Gasteiger partial charge >= 0.3 is 0 Å². The van der Waals surface area contributed by atoms with Crippen LogP contribution in [0.5, 0.6) is 5.75 Å². The summed E-state index contributed by atoms with van der Waals surface area (Å²) in [6.07, 6.45) is 2.66. The van der Waals surface area contributed by atoms with Gasteiger partial charge in [0.15, 0.2) is 6.23 Å². The summed E-state index contributed by atoms with van der Waals surface area (Å²) in [5.74, 6) is 1.17. The molecule has 2 unspecified atom stereocenters. The van der Waals surface area contributed by atoms with Crippen LogP contribution >= 0.6 is 0 Å². The van der Waals surface area contributed by atoms with E-state index in [4.69, 9.17) is 10.5 Å². The molecular formula is C22H26N2O2. The molecule has 4 nitrogen and oxygen atoms in total. The Hall–Kier alpha value is -2.33. The second-order valence-electron chi connectivity index (χ2n) is 7.54. The van der Waals surface area contributed by atoms with Crippen molar-refractivity contribution in [2.45, 2.75) is 38.3 Å². The lowest BCUT2D eigenvalue weighted by atomic mass is 9.93. The summed E-state index contributed by atoms with van der Waals surface area (Å²) in [6.45, 7) is 3.98. The number of hydrogen-bond donors (Lipinski definition) is 1. The third kappa shape index (κ3) is 3.34. The van der Waals surface area contributed by atoms with Gasteiger partial charge in [0.05, 0.1) is 0 Å². The van der Waals surface area contributed by atoms with Gasteiger partial charge in [0.1, 0.15) is 5.75 Å². The number of benzene rings is 2. The fourth-order valence-corrected chi connectivity index (χ4v) is 4.22.